The lowest BCUT2D eigenvalue weighted by Crippen LogP contribution is -2.16. The van der Waals surface area contributed by atoms with Gasteiger partial charge >= 0.3 is 5.97 Å². The average molecular weight is 286 g/mol. The Kier molecular flexibility index (Phi) is 4.87. The number of para-hydroxylation sites is 1. The number of hydrogen-bond acceptors (Lipinski definition) is 4. The monoisotopic (exact) mass is 286 g/mol. The van der Waals surface area contributed by atoms with E-state index in [4.69, 9.17) is 9.84 Å². The van der Waals surface area contributed by atoms with Crippen molar-refractivity contribution in [2.45, 2.75) is 6.42 Å². The number of carboxylic acids is 1. The second-order valence-corrected chi connectivity index (χ2v) is 4.17. The smallest absolute Gasteiger partial charge is 0.358 e. The van der Waals surface area contributed by atoms with Gasteiger partial charge in [0.2, 0.25) is 5.91 Å². The highest BCUT2D eigenvalue weighted by Gasteiger charge is 2.12. The van der Waals surface area contributed by atoms with Gasteiger partial charge in [0.1, 0.15) is 0 Å². The molecule has 0 fully saturated rings. The first-order valence-corrected chi connectivity index (χ1v) is 6.33. The van der Waals surface area contributed by atoms with Gasteiger partial charge in [-0.2, -0.15) is 0 Å². The third-order valence-electron chi connectivity index (χ3n) is 2.62. The standard InChI is InChI=1S/C15H14N2O4/c18-13(17-11-5-2-1-3-6-11)8-10-21-12-7-4-9-16-14(12)15(19)20/h1-7,9H,8,10H2,(H,17,18)(H,19,20). The van der Waals surface area contributed by atoms with Crippen LogP contribution >= 0.6 is 0 Å². The molecule has 0 unspecified atom stereocenters. The minimum Gasteiger partial charge on any atom is -0.490 e. The molecule has 6 nitrogen and oxygen atoms in total. The predicted octanol–water partition coefficient (Wildman–Crippen LogP) is 2.19. The predicted molar refractivity (Wildman–Crippen MR) is 76.4 cm³/mol. The van der Waals surface area contributed by atoms with Crippen LogP contribution in [-0.2, 0) is 4.79 Å². The lowest BCUT2D eigenvalue weighted by Gasteiger charge is -2.08. The van der Waals surface area contributed by atoms with Crippen LogP contribution in [0.2, 0.25) is 0 Å². The summed E-state index contributed by atoms with van der Waals surface area (Å²) in [6.45, 7) is 0.0740. The lowest BCUT2D eigenvalue weighted by molar-refractivity contribution is -0.116. The largest absolute Gasteiger partial charge is 0.490 e. The minimum atomic E-state index is -1.17. The van der Waals surface area contributed by atoms with Gasteiger partial charge in [0.05, 0.1) is 13.0 Å². The van der Waals surface area contributed by atoms with Crippen molar-refractivity contribution in [1.29, 1.82) is 0 Å². The molecule has 0 atom stereocenters. The molecule has 0 aliphatic rings. The van der Waals surface area contributed by atoms with E-state index < -0.39 is 5.97 Å². The van der Waals surface area contributed by atoms with Crippen LogP contribution in [0.25, 0.3) is 0 Å². The summed E-state index contributed by atoms with van der Waals surface area (Å²) in [6, 6.07) is 12.1. The maximum absolute atomic E-state index is 11.7. The highest BCUT2D eigenvalue weighted by Crippen LogP contribution is 2.15. The molecule has 2 rings (SSSR count). The molecule has 0 aliphatic heterocycles. The summed E-state index contributed by atoms with van der Waals surface area (Å²) < 4.78 is 5.30. The van der Waals surface area contributed by atoms with E-state index in [-0.39, 0.29) is 30.4 Å². The molecule has 0 aliphatic carbocycles. The molecule has 1 amide bonds. The number of hydrogen-bond donors (Lipinski definition) is 2. The third kappa shape index (κ3) is 4.31. The number of rotatable bonds is 6. The molecule has 2 N–H and O–H groups in total. The third-order valence-corrected chi connectivity index (χ3v) is 2.62. The Bertz CT molecular complexity index is 629. The molecule has 6 heteroatoms. The topological polar surface area (TPSA) is 88.5 Å². The molecule has 21 heavy (non-hydrogen) atoms. The fourth-order valence-corrected chi connectivity index (χ4v) is 1.67. The highest BCUT2D eigenvalue weighted by molar-refractivity contribution is 5.91. The second kappa shape index (κ2) is 7.04. The van der Waals surface area contributed by atoms with Gasteiger partial charge in [-0.1, -0.05) is 18.2 Å². The zero-order chi connectivity index (χ0) is 15.1. The summed E-state index contributed by atoms with van der Waals surface area (Å²) >= 11 is 0. The first kappa shape index (κ1) is 14.5. The van der Waals surface area contributed by atoms with Crippen molar-refractivity contribution >= 4 is 17.6 Å². The number of benzene rings is 1. The summed E-state index contributed by atoms with van der Waals surface area (Å²) in [5, 5.41) is 11.7. The SMILES string of the molecule is O=C(CCOc1cccnc1C(=O)O)Nc1ccccc1. The number of nitrogens with zero attached hydrogens (tertiary/aromatic N) is 1. The van der Waals surface area contributed by atoms with E-state index in [1.165, 1.54) is 12.3 Å². The maximum Gasteiger partial charge on any atom is 0.358 e. The molecule has 108 valence electrons. The molecular weight excluding hydrogens is 272 g/mol. The molecule has 0 spiro atoms. The van der Waals surface area contributed by atoms with Crippen LogP contribution in [0.4, 0.5) is 5.69 Å². The van der Waals surface area contributed by atoms with Gasteiger partial charge < -0.3 is 15.2 Å². The number of anilines is 1. The Morgan fingerprint density at radius 2 is 1.90 bits per heavy atom. The molecular formula is C15H14N2O4. The number of aromatic carboxylic acids is 1. The summed E-state index contributed by atoms with van der Waals surface area (Å²) in [5.74, 6) is -1.22. The Labute approximate surface area is 121 Å². The van der Waals surface area contributed by atoms with Crippen molar-refractivity contribution < 1.29 is 19.4 Å². The van der Waals surface area contributed by atoms with Gasteiger partial charge in [0.25, 0.3) is 0 Å². The Morgan fingerprint density at radius 1 is 1.14 bits per heavy atom. The van der Waals surface area contributed by atoms with E-state index >= 15 is 0 Å². The van der Waals surface area contributed by atoms with Gasteiger partial charge in [-0.15, -0.1) is 0 Å². The number of carboxylic acid groups (broad SMARTS) is 1. The van der Waals surface area contributed by atoms with Gasteiger partial charge in [0, 0.05) is 11.9 Å². The Morgan fingerprint density at radius 3 is 2.62 bits per heavy atom. The van der Waals surface area contributed by atoms with Crippen molar-refractivity contribution in [2.24, 2.45) is 0 Å². The van der Waals surface area contributed by atoms with Crippen molar-refractivity contribution in [2.75, 3.05) is 11.9 Å². The van der Waals surface area contributed by atoms with E-state index in [0.717, 1.165) is 0 Å². The van der Waals surface area contributed by atoms with Crippen molar-refractivity contribution in [1.82, 2.24) is 4.98 Å². The van der Waals surface area contributed by atoms with Gasteiger partial charge in [-0.05, 0) is 24.3 Å². The van der Waals surface area contributed by atoms with E-state index in [0.29, 0.717) is 5.69 Å². The van der Waals surface area contributed by atoms with Crippen molar-refractivity contribution in [3.8, 4) is 5.75 Å². The molecule has 0 radical (unpaired) electrons. The van der Waals surface area contributed by atoms with Crippen LogP contribution in [0.15, 0.2) is 48.7 Å². The van der Waals surface area contributed by atoms with Crippen LogP contribution in [0.5, 0.6) is 5.75 Å². The second-order valence-electron chi connectivity index (χ2n) is 4.17. The van der Waals surface area contributed by atoms with E-state index in [2.05, 4.69) is 10.3 Å². The van der Waals surface area contributed by atoms with Crippen LogP contribution < -0.4 is 10.1 Å². The lowest BCUT2D eigenvalue weighted by atomic mass is 10.3. The van der Waals surface area contributed by atoms with Crippen molar-refractivity contribution in [3.63, 3.8) is 0 Å². The zero-order valence-corrected chi connectivity index (χ0v) is 11.2. The highest BCUT2D eigenvalue weighted by atomic mass is 16.5. The molecule has 2 aromatic rings. The number of nitrogens with one attached hydrogen (secondary N) is 1. The number of carbonyl (C=O) groups excluding carboxylic acids is 1. The normalized spacial score (nSPS) is 9.90. The number of aromatic nitrogens is 1. The summed E-state index contributed by atoms with van der Waals surface area (Å²) in [6.07, 6.45) is 1.49. The molecule has 0 bridgehead atoms. The fraction of sp³-hybridized carbons (Fsp3) is 0.133. The first-order valence-electron chi connectivity index (χ1n) is 6.33. The molecule has 0 saturated carbocycles. The number of carbonyl (C=O) groups is 2. The zero-order valence-electron chi connectivity index (χ0n) is 11.2. The number of ether oxygens (including phenoxy) is 1. The molecule has 1 aromatic heterocycles. The quantitative estimate of drug-likeness (QED) is 0.849. The van der Waals surface area contributed by atoms with Crippen LogP contribution in [0, 0.1) is 0 Å². The summed E-state index contributed by atoms with van der Waals surface area (Å²) in [7, 11) is 0. The van der Waals surface area contributed by atoms with E-state index in [9.17, 15) is 9.59 Å². The van der Waals surface area contributed by atoms with Gasteiger partial charge in [-0.25, -0.2) is 9.78 Å². The average Bonchev–Trinajstić information content (AvgIpc) is 2.48. The molecule has 0 saturated heterocycles. The Hall–Kier alpha value is -2.89. The molecule has 1 heterocycles. The number of amides is 1. The van der Waals surface area contributed by atoms with E-state index in [1.54, 1.807) is 18.2 Å². The fourth-order valence-electron chi connectivity index (χ4n) is 1.67. The van der Waals surface area contributed by atoms with Crippen LogP contribution in [0.3, 0.4) is 0 Å². The van der Waals surface area contributed by atoms with Crippen LogP contribution in [-0.4, -0.2) is 28.6 Å². The maximum atomic E-state index is 11.7. The minimum absolute atomic E-state index is 0.0740. The molecule has 1 aromatic carbocycles. The van der Waals surface area contributed by atoms with Crippen molar-refractivity contribution in [3.05, 3.63) is 54.4 Å². The van der Waals surface area contributed by atoms with Gasteiger partial charge in [-0.3, -0.25) is 4.79 Å². The van der Waals surface area contributed by atoms with Gasteiger partial charge in [0.15, 0.2) is 11.4 Å². The Balaban J connectivity index is 1.84. The van der Waals surface area contributed by atoms with E-state index in [1.807, 2.05) is 18.2 Å². The summed E-state index contributed by atoms with van der Waals surface area (Å²) in [5.41, 5.74) is 0.538. The number of pyridine rings is 1. The summed E-state index contributed by atoms with van der Waals surface area (Å²) in [4.78, 5) is 26.4. The van der Waals surface area contributed by atoms with Crippen LogP contribution in [0.1, 0.15) is 16.9 Å². The first-order chi connectivity index (χ1) is 10.2.